The molecule has 4 N–H and O–H groups in total. The number of nitrogens with zero attached hydrogens (tertiary/aromatic N) is 4. The fourth-order valence-corrected chi connectivity index (χ4v) is 14.4. The zero-order valence-electron chi connectivity index (χ0n) is 72.6. The standard InChI is InChI=1S/C23H29NO3.C22H28N2O3.C22H27NO4.C17H19NO2.C16H23NO4/c1-17(2)18(3)23(25)24-15-22(27-21-12-8-5-9-13-21)14-19(24)16-26-20-10-6-4-7-11-20;1-16(2)21(23)22(25)24-14-20(27-19-11-7-4-8-12-19)13-17(24)15-26-18-9-5-3-6-10-18;1-22(2,3)27-21(24)23-15-20(26-19-12-8-5-9-13-19)14-17(23)16-25-18-10-6-4-7-11-18;1-3-7-15(8-4-1)19-13-14-11-17(12-18-14)20-16-9-5-2-6-10-16;1-16(2,3)21-15(19)17-10-14(9-12(17)11-18)20-13-7-5-4-6-8-13/h4-13,17-19,22H,14-16H2,1-3H3;3-12,16-17,20-21H,13-15,23H2,1-2H3;4-13,17,20H,14-16H2,1-3H3;1-10,14,17-18H,11-13H2;4-8,12,14,18H,9-11H2,1-3H3/t18-,19-,22-;17-,20-,21-;17-,20-;14-,17-;12-,14-/m00000/s1. The van der Waals surface area contributed by atoms with E-state index in [0.717, 1.165) is 77.6 Å². The topological polar surface area (TPSA) is 241 Å². The first-order valence-electron chi connectivity index (χ1n) is 42.8. The summed E-state index contributed by atoms with van der Waals surface area (Å²) in [6.07, 6.45) is 2.96. The molecule has 4 amide bonds. The van der Waals surface area contributed by atoms with E-state index in [1.54, 1.807) is 9.80 Å². The molecule has 9 aromatic carbocycles. The van der Waals surface area contributed by atoms with Crippen LogP contribution in [0, 0.1) is 17.8 Å². The van der Waals surface area contributed by atoms with Crippen molar-refractivity contribution in [1.29, 1.82) is 0 Å². The Hall–Kier alpha value is -11.5. The third-order valence-electron chi connectivity index (χ3n) is 21.1. The normalized spacial score (nSPS) is 20.8. The number of carbonyl (C=O) groups is 4. The van der Waals surface area contributed by atoms with Gasteiger partial charge in [-0.25, -0.2) is 9.59 Å². The Kier molecular flexibility index (Phi) is 35.8. The van der Waals surface area contributed by atoms with Crippen molar-refractivity contribution in [1.82, 2.24) is 24.9 Å². The van der Waals surface area contributed by atoms with Gasteiger partial charge in [0.15, 0.2) is 0 Å². The Balaban J connectivity index is 0.000000161. The van der Waals surface area contributed by atoms with E-state index in [4.69, 9.17) is 57.8 Å². The minimum absolute atomic E-state index is 0.0138. The van der Waals surface area contributed by atoms with E-state index >= 15 is 0 Å². The summed E-state index contributed by atoms with van der Waals surface area (Å²) in [7, 11) is 0. The molecular weight excluding hydrogens is 1540 g/mol. The molecule has 122 heavy (non-hydrogen) atoms. The number of aliphatic hydroxyl groups excluding tert-OH is 1. The summed E-state index contributed by atoms with van der Waals surface area (Å²) in [5.74, 6) is 8.02. The predicted molar refractivity (Wildman–Crippen MR) is 475 cm³/mol. The van der Waals surface area contributed by atoms with Crippen LogP contribution in [0.4, 0.5) is 9.59 Å². The van der Waals surface area contributed by atoms with Crippen LogP contribution in [0.1, 0.15) is 108 Å². The number of para-hydroxylation sites is 9. The molecule has 5 fully saturated rings. The Morgan fingerprint density at radius 2 is 0.598 bits per heavy atom. The summed E-state index contributed by atoms with van der Waals surface area (Å²) < 4.78 is 64.6. The van der Waals surface area contributed by atoms with Crippen LogP contribution in [0.2, 0.25) is 0 Å². The second-order valence-corrected chi connectivity index (χ2v) is 33.9. The van der Waals surface area contributed by atoms with Gasteiger partial charge in [0.05, 0.1) is 63.0 Å². The minimum Gasteiger partial charge on any atom is -0.492 e. The number of hydrogen-bond donors (Lipinski definition) is 3. The van der Waals surface area contributed by atoms with Crippen molar-refractivity contribution in [3.8, 4) is 51.7 Å². The van der Waals surface area contributed by atoms with Gasteiger partial charge < -0.3 is 78.1 Å². The molecule has 0 aliphatic carbocycles. The number of carbonyl (C=O) groups excluding carboxylic acids is 4. The quantitative estimate of drug-likeness (QED) is 0.0433. The Morgan fingerprint density at radius 1 is 0.344 bits per heavy atom. The van der Waals surface area contributed by atoms with Gasteiger partial charge in [-0.05, 0) is 163 Å². The van der Waals surface area contributed by atoms with Crippen molar-refractivity contribution in [3.05, 3.63) is 273 Å². The first kappa shape index (κ1) is 92.8. The van der Waals surface area contributed by atoms with Crippen LogP contribution in [0.3, 0.4) is 0 Å². The summed E-state index contributed by atoms with van der Waals surface area (Å²) in [5.41, 5.74) is 5.05. The highest BCUT2D eigenvalue weighted by Crippen LogP contribution is 2.32. The third-order valence-corrected chi connectivity index (χ3v) is 21.1. The van der Waals surface area contributed by atoms with E-state index in [2.05, 4.69) is 19.2 Å². The van der Waals surface area contributed by atoms with Gasteiger partial charge in [0.1, 0.15) is 120 Å². The minimum atomic E-state index is -0.546. The summed E-state index contributed by atoms with van der Waals surface area (Å²) >= 11 is 0. The SMILES string of the molecule is CC(C)(C)OC(=O)N1C[C@@H](Oc2ccccc2)C[C@H]1CO.CC(C)(C)OC(=O)N1C[C@@H](Oc2ccccc2)C[C@H]1COc1ccccc1.CC(C)[C@H](C)C(=O)N1C[C@@H](Oc2ccccc2)C[C@H]1COc1ccccc1.CC(C)[C@H](N)C(=O)N1C[C@@H](Oc2ccccc2)C[C@H]1COc1ccccc1.c1ccc(OC[C@@H]2C[C@H](Oc3ccccc3)CN2)cc1. The Morgan fingerprint density at radius 3 is 0.885 bits per heavy atom. The monoisotopic (exact) mass is 1670 g/mol. The molecule has 5 heterocycles. The van der Waals surface area contributed by atoms with Crippen molar-refractivity contribution in [2.24, 2.45) is 23.5 Å². The van der Waals surface area contributed by atoms with Crippen LogP contribution >= 0.6 is 0 Å². The first-order chi connectivity index (χ1) is 58.8. The number of benzene rings is 9. The summed E-state index contributed by atoms with van der Waals surface area (Å²) in [5, 5.41) is 12.9. The predicted octanol–water partition coefficient (Wildman–Crippen LogP) is 17.3. The average Bonchev–Trinajstić information content (AvgIpc) is 1.72. The molecule has 652 valence electrons. The lowest BCUT2D eigenvalue weighted by atomic mass is 9.96. The van der Waals surface area contributed by atoms with Gasteiger partial charge in [-0.15, -0.1) is 0 Å². The summed E-state index contributed by atoms with van der Waals surface area (Å²) in [6.45, 7) is 26.0. The smallest absolute Gasteiger partial charge is 0.410 e. The van der Waals surface area contributed by atoms with Crippen LogP contribution in [-0.2, 0) is 19.1 Å². The lowest BCUT2D eigenvalue weighted by Gasteiger charge is -2.28. The highest BCUT2D eigenvalue weighted by Gasteiger charge is 2.43. The molecule has 0 aromatic heterocycles. The molecule has 0 radical (unpaired) electrons. The van der Waals surface area contributed by atoms with E-state index in [1.807, 2.05) is 345 Å². The number of ether oxygens (including phenoxy) is 11. The van der Waals surface area contributed by atoms with Crippen molar-refractivity contribution < 1.29 is 76.4 Å². The summed E-state index contributed by atoms with van der Waals surface area (Å²) in [4.78, 5) is 57.8. The Labute approximate surface area is 721 Å². The molecule has 5 aliphatic rings. The maximum absolute atomic E-state index is 13.0. The Bertz CT molecular complexity index is 4340. The number of nitrogens with one attached hydrogen (secondary N) is 1. The van der Waals surface area contributed by atoms with Gasteiger partial charge in [0.2, 0.25) is 11.8 Å². The molecule has 0 bridgehead atoms. The molecular formula is C100H126N6O16. The van der Waals surface area contributed by atoms with E-state index in [9.17, 15) is 24.3 Å². The lowest BCUT2D eigenvalue weighted by Crippen LogP contribution is -2.50. The molecule has 0 unspecified atom stereocenters. The maximum Gasteiger partial charge on any atom is 0.410 e. The molecule has 5 saturated heterocycles. The number of amides is 4. The third kappa shape index (κ3) is 30.9. The maximum atomic E-state index is 13.0. The van der Waals surface area contributed by atoms with Gasteiger partial charge >= 0.3 is 12.2 Å². The average molecular weight is 1670 g/mol. The van der Waals surface area contributed by atoms with Crippen molar-refractivity contribution in [2.75, 3.05) is 65.8 Å². The number of aliphatic hydroxyl groups is 1. The van der Waals surface area contributed by atoms with Crippen LogP contribution in [0.5, 0.6) is 51.7 Å². The van der Waals surface area contributed by atoms with Crippen LogP contribution in [0.25, 0.3) is 0 Å². The molecule has 0 spiro atoms. The summed E-state index contributed by atoms with van der Waals surface area (Å²) in [6, 6.07) is 87.0. The fraction of sp³-hybridized carbons (Fsp3) is 0.420. The van der Waals surface area contributed by atoms with Gasteiger partial charge in [-0.1, -0.05) is 198 Å². The first-order valence-corrected chi connectivity index (χ1v) is 42.8. The number of rotatable bonds is 27. The molecule has 5 aliphatic heterocycles. The number of hydrogen-bond acceptors (Lipinski definition) is 18. The second-order valence-electron chi connectivity index (χ2n) is 33.9. The van der Waals surface area contributed by atoms with Gasteiger partial charge in [-0.3, -0.25) is 19.4 Å². The van der Waals surface area contributed by atoms with Crippen molar-refractivity contribution >= 4 is 24.0 Å². The largest absolute Gasteiger partial charge is 0.492 e. The molecule has 22 heteroatoms. The van der Waals surface area contributed by atoms with Crippen LogP contribution < -0.4 is 53.7 Å². The highest BCUT2D eigenvalue weighted by atomic mass is 16.6. The molecule has 0 saturated carbocycles. The fourth-order valence-electron chi connectivity index (χ4n) is 14.4. The van der Waals surface area contributed by atoms with Crippen molar-refractivity contribution in [3.63, 3.8) is 0 Å². The van der Waals surface area contributed by atoms with Crippen LogP contribution in [-0.4, -0.2) is 192 Å². The van der Waals surface area contributed by atoms with Crippen molar-refractivity contribution in [2.45, 2.75) is 186 Å². The van der Waals surface area contributed by atoms with E-state index in [1.165, 1.54) is 0 Å². The zero-order chi connectivity index (χ0) is 86.8. The van der Waals surface area contributed by atoms with E-state index in [0.29, 0.717) is 77.4 Å². The molecule has 14 rings (SSSR count). The molecule has 12 atom stereocenters. The number of likely N-dealkylation sites (tertiary alicyclic amines) is 4. The van der Waals surface area contributed by atoms with E-state index in [-0.39, 0.29) is 91.0 Å². The number of nitrogens with two attached hydrogens (primary N) is 1. The van der Waals surface area contributed by atoms with Gasteiger partial charge in [-0.2, -0.15) is 0 Å². The zero-order valence-corrected chi connectivity index (χ0v) is 72.6. The van der Waals surface area contributed by atoms with E-state index < -0.39 is 23.3 Å². The van der Waals surface area contributed by atoms with Crippen LogP contribution in [0.15, 0.2) is 273 Å². The lowest BCUT2D eigenvalue weighted by molar-refractivity contribution is -0.138. The van der Waals surface area contributed by atoms with Gasteiger partial charge in [0, 0.05) is 50.6 Å². The second kappa shape index (κ2) is 47.1. The molecule has 22 nitrogen and oxygen atoms in total. The highest BCUT2D eigenvalue weighted by molar-refractivity contribution is 5.82. The van der Waals surface area contributed by atoms with Gasteiger partial charge in [0.25, 0.3) is 0 Å². The molecule has 9 aromatic rings.